The molecule has 7 heteroatoms. The van der Waals surface area contributed by atoms with Crippen molar-refractivity contribution < 1.29 is 9.59 Å². The number of carbonyl (C=O) groups excluding carboxylic acids is 2. The maximum atomic E-state index is 13.0. The van der Waals surface area contributed by atoms with Crippen LogP contribution in [-0.2, 0) is 0 Å². The molecule has 2 atom stereocenters. The maximum absolute atomic E-state index is 13.0. The van der Waals surface area contributed by atoms with E-state index in [1.54, 1.807) is 17.0 Å². The summed E-state index contributed by atoms with van der Waals surface area (Å²) in [6.07, 6.45) is 0.893. The summed E-state index contributed by atoms with van der Waals surface area (Å²) < 4.78 is 0. The van der Waals surface area contributed by atoms with E-state index >= 15 is 0 Å². The molecule has 148 valence electrons. The topological polar surface area (TPSA) is 78.7 Å². The fourth-order valence-electron chi connectivity index (χ4n) is 3.91. The zero-order valence-electron chi connectivity index (χ0n) is 15.6. The number of hydrogen-bond acceptors (Lipinski definition) is 3. The number of nitrogens with one attached hydrogen (secondary N) is 1. The second-order valence-corrected chi connectivity index (χ2v) is 7.18. The Hall–Kier alpha value is -2.57. The Morgan fingerprint density at radius 2 is 1.86 bits per heavy atom. The van der Waals surface area contributed by atoms with Gasteiger partial charge in [-0.05, 0) is 30.2 Å². The SMILES string of the molecule is Cl.N[C@@H]1CN(C(=O)c2cccc(N3CCCNC3=O)c2)C[C@H]1c1ccccc1. The number of hydrogen-bond donors (Lipinski definition) is 2. The molecule has 2 aromatic rings. The summed E-state index contributed by atoms with van der Waals surface area (Å²) in [4.78, 5) is 28.6. The molecule has 0 radical (unpaired) electrons. The van der Waals surface area contributed by atoms with Gasteiger partial charge in [-0.25, -0.2) is 4.79 Å². The summed E-state index contributed by atoms with van der Waals surface area (Å²) in [6.45, 7) is 2.50. The number of anilines is 1. The summed E-state index contributed by atoms with van der Waals surface area (Å²) in [5, 5.41) is 2.84. The lowest BCUT2D eigenvalue weighted by atomic mass is 9.95. The van der Waals surface area contributed by atoms with Crippen molar-refractivity contribution in [3.8, 4) is 0 Å². The van der Waals surface area contributed by atoms with Gasteiger partial charge < -0.3 is 16.0 Å². The van der Waals surface area contributed by atoms with Crippen LogP contribution in [0.25, 0.3) is 0 Å². The second-order valence-electron chi connectivity index (χ2n) is 7.18. The van der Waals surface area contributed by atoms with Gasteiger partial charge in [0.05, 0.1) is 0 Å². The van der Waals surface area contributed by atoms with Crippen molar-refractivity contribution in [2.45, 2.75) is 18.4 Å². The molecule has 2 heterocycles. The number of halogens is 1. The van der Waals surface area contributed by atoms with Crippen LogP contribution in [0.1, 0.15) is 28.3 Å². The molecule has 2 fully saturated rings. The molecule has 6 nitrogen and oxygen atoms in total. The Labute approximate surface area is 171 Å². The number of likely N-dealkylation sites (tertiary alicyclic amines) is 1. The van der Waals surface area contributed by atoms with Gasteiger partial charge in [-0.1, -0.05) is 36.4 Å². The van der Waals surface area contributed by atoms with Crippen LogP contribution in [-0.4, -0.2) is 49.1 Å². The number of urea groups is 1. The Kier molecular flexibility index (Phi) is 6.21. The molecule has 0 saturated carbocycles. The molecule has 0 unspecified atom stereocenters. The Bertz CT molecular complexity index is 845. The highest BCUT2D eigenvalue weighted by Gasteiger charge is 2.34. The summed E-state index contributed by atoms with van der Waals surface area (Å²) in [5.41, 5.74) is 8.83. The van der Waals surface area contributed by atoms with Gasteiger partial charge in [0, 0.05) is 49.4 Å². The quantitative estimate of drug-likeness (QED) is 0.831. The predicted molar refractivity (Wildman–Crippen MR) is 112 cm³/mol. The fraction of sp³-hybridized carbons (Fsp3) is 0.333. The first-order valence-corrected chi connectivity index (χ1v) is 9.39. The Balaban J connectivity index is 0.00000225. The largest absolute Gasteiger partial charge is 0.338 e. The molecule has 2 aliphatic heterocycles. The molecular weight excluding hydrogens is 376 g/mol. The second kappa shape index (κ2) is 8.63. The predicted octanol–water partition coefficient (Wildman–Crippen LogP) is 2.60. The normalized spacial score (nSPS) is 21.8. The molecule has 2 aromatic carbocycles. The van der Waals surface area contributed by atoms with E-state index in [9.17, 15) is 9.59 Å². The van der Waals surface area contributed by atoms with Crippen LogP contribution in [0.15, 0.2) is 54.6 Å². The van der Waals surface area contributed by atoms with Crippen molar-refractivity contribution >= 4 is 30.0 Å². The summed E-state index contributed by atoms with van der Waals surface area (Å²) >= 11 is 0. The van der Waals surface area contributed by atoms with Crippen molar-refractivity contribution in [2.24, 2.45) is 5.73 Å². The lowest BCUT2D eigenvalue weighted by Gasteiger charge is -2.28. The van der Waals surface area contributed by atoms with Crippen LogP contribution in [0.2, 0.25) is 0 Å². The van der Waals surface area contributed by atoms with Crippen molar-refractivity contribution in [1.82, 2.24) is 10.2 Å². The molecule has 2 aliphatic rings. The van der Waals surface area contributed by atoms with Gasteiger partial charge in [-0.2, -0.15) is 0 Å². The first-order chi connectivity index (χ1) is 13.1. The molecule has 28 heavy (non-hydrogen) atoms. The number of benzene rings is 2. The van der Waals surface area contributed by atoms with Gasteiger partial charge in [-0.3, -0.25) is 9.69 Å². The van der Waals surface area contributed by atoms with E-state index in [0.717, 1.165) is 12.1 Å². The van der Waals surface area contributed by atoms with Gasteiger partial charge >= 0.3 is 6.03 Å². The first kappa shape index (κ1) is 20.2. The van der Waals surface area contributed by atoms with E-state index in [4.69, 9.17) is 5.73 Å². The lowest BCUT2D eigenvalue weighted by molar-refractivity contribution is 0.0789. The lowest BCUT2D eigenvalue weighted by Crippen LogP contribution is -2.46. The van der Waals surface area contributed by atoms with Crippen LogP contribution in [0, 0.1) is 0 Å². The summed E-state index contributed by atoms with van der Waals surface area (Å²) in [6, 6.07) is 17.2. The molecule has 0 aromatic heterocycles. The Morgan fingerprint density at radius 1 is 1.07 bits per heavy atom. The van der Waals surface area contributed by atoms with Crippen molar-refractivity contribution in [2.75, 3.05) is 31.1 Å². The van der Waals surface area contributed by atoms with Crippen molar-refractivity contribution in [1.29, 1.82) is 0 Å². The van der Waals surface area contributed by atoms with E-state index < -0.39 is 0 Å². The summed E-state index contributed by atoms with van der Waals surface area (Å²) in [7, 11) is 0. The van der Waals surface area contributed by atoms with Crippen LogP contribution in [0.4, 0.5) is 10.5 Å². The maximum Gasteiger partial charge on any atom is 0.321 e. The smallest absolute Gasteiger partial charge is 0.321 e. The molecule has 3 amide bonds. The average Bonchev–Trinajstić information content (AvgIpc) is 3.10. The van der Waals surface area contributed by atoms with Gasteiger partial charge in [0.25, 0.3) is 5.91 Å². The van der Waals surface area contributed by atoms with Gasteiger partial charge in [0.15, 0.2) is 0 Å². The number of nitrogens with two attached hydrogens (primary N) is 1. The number of carbonyl (C=O) groups is 2. The third-order valence-corrected chi connectivity index (χ3v) is 5.36. The minimum atomic E-state index is -0.113. The highest BCUT2D eigenvalue weighted by Crippen LogP contribution is 2.28. The van der Waals surface area contributed by atoms with Crippen LogP contribution >= 0.6 is 12.4 Å². The van der Waals surface area contributed by atoms with Crippen LogP contribution in [0.3, 0.4) is 0 Å². The van der Waals surface area contributed by atoms with E-state index in [-0.39, 0.29) is 36.3 Å². The Morgan fingerprint density at radius 3 is 2.61 bits per heavy atom. The highest BCUT2D eigenvalue weighted by atomic mass is 35.5. The molecular formula is C21H25ClN4O2. The average molecular weight is 401 g/mol. The molecule has 0 spiro atoms. The van der Waals surface area contributed by atoms with E-state index in [1.807, 2.05) is 35.2 Å². The monoisotopic (exact) mass is 400 g/mol. The van der Waals surface area contributed by atoms with E-state index in [1.165, 1.54) is 5.56 Å². The third kappa shape index (κ3) is 3.98. The molecule has 0 aliphatic carbocycles. The molecule has 3 N–H and O–H groups in total. The zero-order chi connectivity index (χ0) is 18.8. The van der Waals surface area contributed by atoms with E-state index in [0.29, 0.717) is 31.7 Å². The zero-order valence-corrected chi connectivity index (χ0v) is 16.4. The first-order valence-electron chi connectivity index (χ1n) is 9.39. The molecule has 2 saturated heterocycles. The standard InChI is InChI=1S/C21H24N4O2.ClH/c22-19-14-24(13-18(19)15-6-2-1-3-7-15)20(26)16-8-4-9-17(12-16)25-11-5-10-23-21(25)27;/h1-4,6-9,12,18-19H,5,10-11,13-14,22H2,(H,23,27);1H/t18-,19+;/m0./s1. The minimum absolute atomic E-state index is 0. The van der Waals surface area contributed by atoms with E-state index in [2.05, 4.69) is 17.4 Å². The van der Waals surface area contributed by atoms with Gasteiger partial charge in [0.1, 0.15) is 0 Å². The minimum Gasteiger partial charge on any atom is -0.338 e. The van der Waals surface area contributed by atoms with Crippen LogP contribution < -0.4 is 16.0 Å². The van der Waals surface area contributed by atoms with Gasteiger partial charge in [-0.15, -0.1) is 12.4 Å². The van der Waals surface area contributed by atoms with Gasteiger partial charge in [0.2, 0.25) is 0 Å². The van der Waals surface area contributed by atoms with Crippen molar-refractivity contribution in [3.63, 3.8) is 0 Å². The fourth-order valence-corrected chi connectivity index (χ4v) is 3.91. The van der Waals surface area contributed by atoms with Crippen LogP contribution in [0.5, 0.6) is 0 Å². The number of amides is 3. The van der Waals surface area contributed by atoms with Crippen molar-refractivity contribution in [3.05, 3.63) is 65.7 Å². The third-order valence-electron chi connectivity index (χ3n) is 5.36. The number of rotatable bonds is 3. The molecule has 0 bridgehead atoms. The summed E-state index contributed by atoms with van der Waals surface area (Å²) in [5.74, 6) is 0.106. The molecule has 4 rings (SSSR count). The highest BCUT2D eigenvalue weighted by molar-refractivity contribution is 5.98. The number of nitrogens with zero attached hydrogens (tertiary/aromatic N) is 2.